The summed E-state index contributed by atoms with van der Waals surface area (Å²) in [4.78, 5) is 14.3. The Bertz CT molecular complexity index is 961. The number of benzene rings is 2. The third-order valence-electron chi connectivity index (χ3n) is 5.77. The second-order valence-corrected chi connectivity index (χ2v) is 7.41. The van der Waals surface area contributed by atoms with Gasteiger partial charge in [0.25, 0.3) is 0 Å². The molecule has 1 unspecified atom stereocenters. The Morgan fingerprint density at radius 1 is 0.929 bits per heavy atom. The maximum atomic E-state index is 12.6. The van der Waals surface area contributed by atoms with Gasteiger partial charge >= 0.3 is 6.09 Å². The lowest BCUT2D eigenvalue weighted by molar-refractivity contribution is -0.00199. The van der Waals surface area contributed by atoms with Gasteiger partial charge in [-0.1, -0.05) is 36.4 Å². The van der Waals surface area contributed by atoms with E-state index in [2.05, 4.69) is 29.1 Å². The first-order valence-corrected chi connectivity index (χ1v) is 9.67. The molecule has 5 nitrogen and oxygen atoms in total. The van der Waals surface area contributed by atoms with Crippen molar-refractivity contribution < 1.29 is 14.3 Å². The Morgan fingerprint density at radius 2 is 1.61 bits per heavy atom. The van der Waals surface area contributed by atoms with Crippen LogP contribution in [-0.2, 0) is 0 Å². The fourth-order valence-corrected chi connectivity index (χ4v) is 4.41. The van der Waals surface area contributed by atoms with Gasteiger partial charge in [0.2, 0.25) is 0 Å². The van der Waals surface area contributed by atoms with Crippen LogP contribution in [0.1, 0.15) is 24.4 Å². The number of likely N-dealkylation sites (tertiary alicyclic amines) is 1. The molecular formula is C23H22N2O3. The van der Waals surface area contributed by atoms with E-state index >= 15 is 0 Å². The molecule has 2 aromatic carbocycles. The normalized spacial score (nSPS) is 19.9. The highest BCUT2D eigenvalue weighted by Crippen LogP contribution is 2.50. The molecule has 3 heterocycles. The molecule has 2 aliphatic rings. The van der Waals surface area contributed by atoms with Crippen molar-refractivity contribution in [2.75, 3.05) is 13.1 Å². The van der Waals surface area contributed by atoms with Crippen LogP contribution in [0.15, 0.2) is 79.1 Å². The van der Waals surface area contributed by atoms with Crippen molar-refractivity contribution in [3.05, 3.63) is 84.7 Å². The van der Waals surface area contributed by atoms with Crippen molar-refractivity contribution >= 4 is 6.09 Å². The van der Waals surface area contributed by atoms with Crippen LogP contribution in [0.3, 0.4) is 0 Å². The fourth-order valence-electron chi connectivity index (χ4n) is 4.41. The Morgan fingerprint density at radius 3 is 2.36 bits per heavy atom. The van der Waals surface area contributed by atoms with Crippen molar-refractivity contribution in [1.29, 1.82) is 0 Å². The molecule has 1 saturated heterocycles. The first-order valence-electron chi connectivity index (χ1n) is 9.67. The molecule has 5 rings (SSSR count). The largest absolute Gasteiger partial charge is 0.484 e. The Balaban J connectivity index is 1.35. The molecule has 3 aromatic rings. The molecule has 0 saturated carbocycles. The van der Waals surface area contributed by atoms with Crippen LogP contribution in [0.4, 0.5) is 4.79 Å². The lowest BCUT2D eigenvalue weighted by Crippen LogP contribution is -2.52. The summed E-state index contributed by atoms with van der Waals surface area (Å²) in [5.74, 6) is 1.52. The van der Waals surface area contributed by atoms with Gasteiger partial charge in [-0.15, -0.1) is 0 Å². The topological polar surface area (TPSA) is 43.7 Å². The number of hydrogen-bond acceptors (Lipinski definition) is 3. The van der Waals surface area contributed by atoms with Crippen LogP contribution in [0.5, 0.6) is 11.5 Å². The third-order valence-corrected chi connectivity index (χ3v) is 5.77. The maximum Gasteiger partial charge on any atom is 0.415 e. The number of hydrogen-bond donors (Lipinski definition) is 0. The number of aromatic nitrogens is 1. The van der Waals surface area contributed by atoms with E-state index in [4.69, 9.17) is 9.47 Å². The Hall–Kier alpha value is -3.21. The van der Waals surface area contributed by atoms with Crippen molar-refractivity contribution in [3.8, 4) is 11.5 Å². The molecule has 0 radical (unpaired) electrons. The minimum Gasteiger partial charge on any atom is -0.484 e. The fraction of sp³-hybridized carbons (Fsp3) is 0.261. The summed E-state index contributed by atoms with van der Waals surface area (Å²) >= 11 is 0. The summed E-state index contributed by atoms with van der Waals surface area (Å²) in [6, 6.07) is 21.7. The summed E-state index contributed by atoms with van der Waals surface area (Å²) < 4.78 is 14.3. The van der Waals surface area contributed by atoms with Crippen LogP contribution >= 0.6 is 0 Å². The summed E-state index contributed by atoms with van der Waals surface area (Å²) in [5.41, 5.74) is 0.866. The van der Waals surface area contributed by atoms with Crippen molar-refractivity contribution in [2.24, 2.45) is 0 Å². The van der Waals surface area contributed by atoms with E-state index in [1.165, 1.54) is 5.56 Å². The van der Waals surface area contributed by atoms with E-state index in [9.17, 15) is 4.79 Å². The number of carbonyl (C=O) groups excluding carboxylic acids is 1. The molecule has 1 atom stereocenters. The highest BCUT2D eigenvalue weighted by molar-refractivity contribution is 5.70. The van der Waals surface area contributed by atoms with Gasteiger partial charge in [0.05, 0.1) is 0 Å². The van der Waals surface area contributed by atoms with Crippen LogP contribution in [0, 0.1) is 0 Å². The van der Waals surface area contributed by atoms with Gasteiger partial charge in [0.15, 0.2) is 0 Å². The maximum absolute atomic E-state index is 12.6. The summed E-state index contributed by atoms with van der Waals surface area (Å²) in [5, 5.41) is 0. The van der Waals surface area contributed by atoms with E-state index in [0.29, 0.717) is 18.8 Å². The third kappa shape index (κ3) is 2.83. The number of carbonyl (C=O) groups is 1. The highest BCUT2D eigenvalue weighted by Gasteiger charge is 2.51. The number of rotatable bonds is 2. The highest BCUT2D eigenvalue weighted by atomic mass is 16.6. The molecular weight excluding hydrogens is 352 g/mol. The Labute approximate surface area is 164 Å². The lowest BCUT2D eigenvalue weighted by Gasteiger charge is -2.42. The van der Waals surface area contributed by atoms with Crippen molar-refractivity contribution in [2.45, 2.75) is 24.5 Å². The van der Waals surface area contributed by atoms with E-state index in [0.717, 1.165) is 18.6 Å². The SMILES string of the molecule is O=C(Oc1ccccc1)N1CCC2(CC1)Oc1ccccc1C2n1cccc1. The predicted molar refractivity (Wildman–Crippen MR) is 106 cm³/mol. The number of amides is 1. The minimum absolute atomic E-state index is 0.117. The first kappa shape index (κ1) is 16.9. The summed E-state index contributed by atoms with van der Waals surface area (Å²) in [7, 11) is 0. The summed E-state index contributed by atoms with van der Waals surface area (Å²) in [6.45, 7) is 1.22. The number of ether oxygens (including phenoxy) is 2. The average Bonchev–Trinajstić information content (AvgIpc) is 3.34. The molecule has 5 heteroatoms. The predicted octanol–water partition coefficient (Wildman–Crippen LogP) is 4.50. The second-order valence-electron chi connectivity index (χ2n) is 7.41. The van der Waals surface area contributed by atoms with E-state index in [1.807, 2.05) is 42.5 Å². The zero-order valence-electron chi connectivity index (χ0n) is 15.5. The number of fused-ring (bicyclic) bond motifs is 1. The van der Waals surface area contributed by atoms with Gasteiger partial charge in [-0.25, -0.2) is 4.79 Å². The molecule has 0 aliphatic carbocycles. The van der Waals surface area contributed by atoms with Gasteiger partial charge in [0, 0.05) is 43.9 Å². The molecule has 1 spiro atoms. The summed E-state index contributed by atoms with van der Waals surface area (Å²) in [6.07, 6.45) is 5.40. The zero-order valence-corrected chi connectivity index (χ0v) is 15.5. The second kappa shape index (κ2) is 6.75. The molecule has 2 aliphatic heterocycles. The molecule has 1 aromatic heterocycles. The molecule has 0 N–H and O–H groups in total. The van der Waals surface area contributed by atoms with Gasteiger partial charge in [0.1, 0.15) is 23.1 Å². The lowest BCUT2D eigenvalue weighted by atomic mass is 9.82. The van der Waals surface area contributed by atoms with Crippen molar-refractivity contribution in [1.82, 2.24) is 9.47 Å². The van der Waals surface area contributed by atoms with Gasteiger partial charge < -0.3 is 18.9 Å². The van der Waals surface area contributed by atoms with Crippen LogP contribution in [0.2, 0.25) is 0 Å². The van der Waals surface area contributed by atoms with Crippen LogP contribution in [-0.4, -0.2) is 34.3 Å². The number of piperidine rings is 1. The molecule has 142 valence electrons. The number of para-hydroxylation sites is 2. The number of nitrogens with zero attached hydrogens (tertiary/aromatic N) is 2. The van der Waals surface area contributed by atoms with E-state index < -0.39 is 0 Å². The standard InChI is InChI=1S/C23H22N2O3/c26-22(27-18-8-2-1-3-9-18)25-16-12-23(13-17-25)21(24-14-6-7-15-24)19-10-4-5-11-20(19)28-23/h1-11,14-15,21H,12-13,16-17H2. The first-order chi connectivity index (χ1) is 13.8. The van der Waals surface area contributed by atoms with E-state index in [1.54, 1.807) is 17.0 Å². The quantitative estimate of drug-likeness (QED) is 0.663. The molecule has 0 bridgehead atoms. The van der Waals surface area contributed by atoms with Crippen LogP contribution < -0.4 is 9.47 Å². The van der Waals surface area contributed by atoms with Gasteiger partial charge in [-0.05, 0) is 30.3 Å². The van der Waals surface area contributed by atoms with Crippen molar-refractivity contribution in [3.63, 3.8) is 0 Å². The monoisotopic (exact) mass is 374 g/mol. The zero-order chi connectivity index (χ0) is 19.0. The smallest absolute Gasteiger partial charge is 0.415 e. The molecule has 1 amide bonds. The van der Waals surface area contributed by atoms with Gasteiger partial charge in [-0.2, -0.15) is 0 Å². The van der Waals surface area contributed by atoms with E-state index in [-0.39, 0.29) is 17.7 Å². The van der Waals surface area contributed by atoms with Gasteiger partial charge in [-0.3, -0.25) is 0 Å². The Kier molecular flexibility index (Phi) is 4.08. The molecule has 28 heavy (non-hydrogen) atoms. The van der Waals surface area contributed by atoms with Crippen LogP contribution in [0.25, 0.3) is 0 Å². The minimum atomic E-state index is -0.341. The average molecular weight is 374 g/mol. The molecule has 1 fully saturated rings.